The number of sulfonamides is 1. The van der Waals surface area contributed by atoms with E-state index in [1.54, 1.807) is 0 Å². The minimum absolute atomic E-state index is 0.201. The zero-order valence-electron chi connectivity index (χ0n) is 14.4. The van der Waals surface area contributed by atoms with Gasteiger partial charge in [0.2, 0.25) is 15.9 Å². The van der Waals surface area contributed by atoms with Crippen molar-refractivity contribution in [3.8, 4) is 0 Å². The van der Waals surface area contributed by atoms with Crippen molar-refractivity contribution in [3.63, 3.8) is 0 Å². The standard InChI is InChI=1S/C18H20Cl2N2O3S/c1-3-17(13-7-5-4-6-8-13)21-18(23)12-22(26(2,24)25)16-10-14(19)9-15(20)11-16/h4-11,17H,3,12H2,1-2H3,(H,21,23). The fourth-order valence-electron chi connectivity index (χ4n) is 2.56. The Morgan fingerprint density at radius 1 is 1.12 bits per heavy atom. The van der Waals surface area contributed by atoms with Gasteiger partial charge < -0.3 is 5.32 Å². The Kier molecular flexibility index (Phi) is 6.92. The van der Waals surface area contributed by atoms with Gasteiger partial charge in [-0.25, -0.2) is 8.42 Å². The van der Waals surface area contributed by atoms with Crippen molar-refractivity contribution in [3.05, 3.63) is 64.1 Å². The molecule has 1 N–H and O–H groups in total. The summed E-state index contributed by atoms with van der Waals surface area (Å²) in [5.41, 5.74) is 1.20. The van der Waals surface area contributed by atoms with Gasteiger partial charge in [-0.05, 0) is 30.2 Å². The molecule has 1 atom stereocenters. The normalized spacial score (nSPS) is 12.5. The van der Waals surface area contributed by atoms with E-state index in [-0.39, 0.29) is 28.3 Å². The van der Waals surface area contributed by atoms with Gasteiger partial charge in [0.1, 0.15) is 6.54 Å². The number of carbonyl (C=O) groups excluding carboxylic acids is 1. The second-order valence-electron chi connectivity index (χ2n) is 5.84. The smallest absolute Gasteiger partial charge is 0.241 e. The van der Waals surface area contributed by atoms with Gasteiger partial charge in [0.25, 0.3) is 0 Å². The largest absolute Gasteiger partial charge is 0.348 e. The van der Waals surface area contributed by atoms with E-state index < -0.39 is 15.9 Å². The molecule has 0 aromatic heterocycles. The van der Waals surface area contributed by atoms with Crippen LogP contribution in [0.25, 0.3) is 0 Å². The monoisotopic (exact) mass is 414 g/mol. The maximum atomic E-state index is 12.5. The minimum atomic E-state index is -3.70. The first kappa shape index (κ1) is 20.6. The fraction of sp³-hybridized carbons (Fsp3) is 0.278. The Morgan fingerprint density at radius 2 is 1.69 bits per heavy atom. The van der Waals surface area contributed by atoms with E-state index in [1.165, 1.54) is 18.2 Å². The van der Waals surface area contributed by atoms with Crippen LogP contribution in [0, 0.1) is 0 Å². The third kappa shape index (κ3) is 5.62. The van der Waals surface area contributed by atoms with E-state index in [1.807, 2.05) is 37.3 Å². The molecule has 140 valence electrons. The summed E-state index contributed by atoms with van der Waals surface area (Å²) >= 11 is 11.9. The molecule has 0 saturated carbocycles. The van der Waals surface area contributed by atoms with Crippen LogP contribution in [-0.2, 0) is 14.8 Å². The van der Waals surface area contributed by atoms with E-state index in [2.05, 4.69) is 5.32 Å². The van der Waals surface area contributed by atoms with Crippen LogP contribution in [-0.4, -0.2) is 27.1 Å². The molecule has 26 heavy (non-hydrogen) atoms. The third-order valence-electron chi connectivity index (χ3n) is 3.77. The number of nitrogens with zero attached hydrogens (tertiary/aromatic N) is 1. The lowest BCUT2D eigenvalue weighted by atomic mass is 10.0. The summed E-state index contributed by atoms with van der Waals surface area (Å²) in [6.45, 7) is 1.59. The van der Waals surface area contributed by atoms with Crippen LogP contribution in [0.1, 0.15) is 24.9 Å². The highest BCUT2D eigenvalue weighted by atomic mass is 35.5. The summed E-state index contributed by atoms with van der Waals surface area (Å²) in [4.78, 5) is 12.5. The van der Waals surface area contributed by atoms with Crippen molar-refractivity contribution in [2.24, 2.45) is 0 Å². The van der Waals surface area contributed by atoms with E-state index in [4.69, 9.17) is 23.2 Å². The fourth-order valence-corrected chi connectivity index (χ4v) is 3.91. The van der Waals surface area contributed by atoms with Gasteiger partial charge in [0.05, 0.1) is 18.0 Å². The van der Waals surface area contributed by atoms with Crippen molar-refractivity contribution in [2.75, 3.05) is 17.1 Å². The molecule has 0 bridgehead atoms. The lowest BCUT2D eigenvalue weighted by Crippen LogP contribution is -2.41. The highest BCUT2D eigenvalue weighted by molar-refractivity contribution is 7.92. The minimum Gasteiger partial charge on any atom is -0.348 e. The first-order valence-corrected chi connectivity index (χ1v) is 10.6. The van der Waals surface area contributed by atoms with Gasteiger partial charge in [0, 0.05) is 10.0 Å². The molecule has 8 heteroatoms. The highest BCUT2D eigenvalue weighted by Crippen LogP contribution is 2.27. The Morgan fingerprint density at radius 3 is 2.19 bits per heavy atom. The van der Waals surface area contributed by atoms with Gasteiger partial charge in [0.15, 0.2) is 0 Å². The summed E-state index contributed by atoms with van der Waals surface area (Å²) < 4.78 is 25.3. The Bertz CT molecular complexity index is 853. The maximum absolute atomic E-state index is 12.5. The SMILES string of the molecule is CCC(NC(=O)CN(c1cc(Cl)cc(Cl)c1)S(C)(=O)=O)c1ccccc1. The summed E-state index contributed by atoms with van der Waals surface area (Å²) in [5, 5.41) is 3.45. The van der Waals surface area contributed by atoms with Crippen LogP contribution in [0.3, 0.4) is 0 Å². The molecule has 0 aliphatic heterocycles. The number of anilines is 1. The number of rotatable bonds is 7. The van der Waals surface area contributed by atoms with Gasteiger partial charge in [-0.3, -0.25) is 9.10 Å². The number of amides is 1. The van der Waals surface area contributed by atoms with E-state index in [0.717, 1.165) is 16.1 Å². The van der Waals surface area contributed by atoms with Gasteiger partial charge in [-0.15, -0.1) is 0 Å². The summed E-state index contributed by atoms with van der Waals surface area (Å²) in [6, 6.07) is 13.7. The Balaban J connectivity index is 2.22. The molecule has 0 spiro atoms. The third-order valence-corrected chi connectivity index (χ3v) is 5.35. The predicted octanol–water partition coefficient (Wildman–Crippen LogP) is 4.03. The first-order chi connectivity index (χ1) is 12.2. The molecule has 1 unspecified atom stereocenters. The molecule has 0 aliphatic rings. The van der Waals surface area contributed by atoms with Crippen molar-refractivity contribution in [2.45, 2.75) is 19.4 Å². The van der Waals surface area contributed by atoms with Crippen LogP contribution < -0.4 is 9.62 Å². The van der Waals surface area contributed by atoms with E-state index >= 15 is 0 Å². The Hall–Kier alpha value is -1.76. The van der Waals surface area contributed by atoms with Crippen LogP contribution in [0.5, 0.6) is 0 Å². The Labute approximate surface area is 164 Å². The quantitative estimate of drug-likeness (QED) is 0.743. The molecule has 2 rings (SSSR count). The lowest BCUT2D eigenvalue weighted by Gasteiger charge is -2.24. The molecule has 0 fully saturated rings. The van der Waals surface area contributed by atoms with E-state index in [0.29, 0.717) is 6.42 Å². The summed E-state index contributed by atoms with van der Waals surface area (Å²) in [7, 11) is -3.70. The average molecular weight is 415 g/mol. The van der Waals surface area contributed by atoms with Crippen LogP contribution in [0.15, 0.2) is 48.5 Å². The molecule has 0 radical (unpaired) electrons. The zero-order chi connectivity index (χ0) is 19.3. The number of hydrogen-bond donors (Lipinski definition) is 1. The molecule has 1 amide bonds. The summed E-state index contributed by atoms with van der Waals surface area (Å²) in [6.07, 6.45) is 1.71. The molecule has 0 aliphatic carbocycles. The molecular formula is C18H20Cl2N2O3S. The molecule has 2 aromatic rings. The topological polar surface area (TPSA) is 66.5 Å². The lowest BCUT2D eigenvalue weighted by molar-refractivity contribution is -0.120. The van der Waals surface area contributed by atoms with Crippen LogP contribution >= 0.6 is 23.2 Å². The predicted molar refractivity (Wildman–Crippen MR) is 106 cm³/mol. The number of nitrogens with one attached hydrogen (secondary N) is 1. The molecular weight excluding hydrogens is 395 g/mol. The molecule has 2 aromatic carbocycles. The number of benzene rings is 2. The van der Waals surface area contributed by atoms with Crippen molar-refractivity contribution in [1.29, 1.82) is 0 Å². The van der Waals surface area contributed by atoms with Crippen LogP contribution in [0.4, 0.5) is 5.69 Å². The van der Waals surface area contributed by atoms with Crippen molar-refractivity contribution >= 4 is 44.8 Å². The van der Waals surface area contributed by atoms with Crippen molar-refractivity contribution < 1.29 is 13.2 Å². The number of hydrogen-bond acceptors (Lipinski definition) is 3. The van der Waals surface area contributed by atoms with E-state index in [9.17, 15) is 13.2 Å². The second kappa shape index (κ2) is 8.75. The van der Waals surface area contributed by atoms with Gasteiger partial charge in [-0.1, -0.05) is 60.5 Å². The van der Waals surface area contributed by atoms with Crippen molar-refractivity contribution in [1.82, 2.24) is 5.32 Å². The molecule has 0 saturated heterocycles. The molecule has 0 heterocycles. The molecule has 5 nitrogen and oxygen atoms in total. The highest BCUT2D eigenvalue weighted by Gasteiger charge is 2.23. The maximum Gasteiger partial charge on any atom is 0.241 e. The van der Waals surface area contributed by atoms with Gasteiger partial charge in [-0.2, -0.15) is 0 Å². The van der Waals surface area contributed by atoms with Crippen LogP contribution in [0.2, 0.25) is 10.0 Å². The summed E-state index contributed by atoms with van der Waals surface area (Å²) in [5.74, 6) is -0.415. The van der Waals surface area contributed by atoms with Gasteiger partial charge >= 0.3 is 0 Å². The number of halogens is 2. The first-order valence-electron chi connectivity index (χ1n) is 7.99. The number of carbonyl (C=O) groups is 1. The zero-order valence-corrected chi connectivity index (χ0v) is 16.8. The average Bonchev–Trinajstić information content (AvgIpc) is 2.56. The second-order valence-corrected chi connectivity index (χ2v) is 8.62.